The average molecular weight is 571 g/mol. The summed E-state index contributed by atoms with van der Waals surface area (Å²) in [7, 11) is 1.56. The zero-order chi connectivity index (χ0) is 28.2. The van der Waals surface area contributed by atoms with E-state index >= 15 is 0 Å². The highest BCUT2D eigenvalue weighted by molar-refractivity contribution is 7.07. The Balaban J connectivity index is 1.69. The topological polar surface area (TPSA) is 106 Å². The van der Waals surface area contributed by atoms with Gasteiger partial charge < -0.3 is 14.8 Å². The van der Waals surface area contributed by atoms with E-state index < -0.39 is 6.04 Å². The first-order valence-corrected chi connectivity index (χ1v) is 13.4. The number of hydrogen-bond donors (Lipinski definition) is 1. The van der Waals surface area contributed by atoms with Gasteiger partial charge in [-0.2, -0.15) is 5.26 Å². The Kier molecular flexibility index (Phi) is 7.82. The maximum atomic E-state index is 14.0. The summed E-state index contributed by atoms with van der Waals surface area (Å²) in [4.78, 5) is 32.8. The van der Waals surface area contributed by atoms with Crippen LogP contribution in [0.25, 0.3) is 6.08 Å². The Bertz CT molecular complexity index is 1850. The summed E-state index contributed by atoms with van der Waals surface area (Å²) in [6.45, 7) is 1.60. The maximum Gasteiger partial charge on any atom is 0.271 e. The molecule has 0 unspecified atom stereocenters. The number of thiazole rings is 1. The van der Waals surface area contributed by atoms with Crippen LogP contribution in [0.2, 0.25) is 5.02 Å². The minimum atomic E-state index is -0.758. The zero-order valence-electron chi connectivity index (χ0n) is 21.6. The van der Waals surface area contributed by atoms with E-state index in [1.54, 1.807) is 62.6 Å². The number of halogens is 1. The minimum Gasteiger partial charge on any atom is -0.497 e. The van der Waals surface area contributed by atoms with E-state index in [-0.39, 0.29) is 18.1 Å². The monoisotopic (exact) mass is 570 g/mol. The highest BCUT2D eigenvalue weighted by atomic mass is 35.5. The Morgan fingerprint density at radius 2 is 1.98 bits per heavy atom. The molecule has 0 saturated heterocycles. The van der Waals surface area contributed by atoms with Crippen molar-refractivity contribution in [2.24, 2.45) is 4.99 Å². The predicted octanol–water partition coefficient (Wildman–Crippen LogP) is 4.44. The van der Waals surface area contributed by atoms with Crippen LogP contribution in [-0.2, 0) is 4.79 Å². The van der Waals surface area contributed by atoms with E-state index in [0.29, 0.717) is 53.9 Å². The number of aromatic nitrogens is 1. The molecule has 1 atom stereocenters. The number of anilines is 1. The standard InChI is InChI=1S/C30H23ClN4O4S/c1-18-26(28(36)34-22-8-4-3-5-9-22)27(19-7-6-10-23(16-19)38-2)35-29(37)25(40-30(35)33-18)17-20-15-21(31)11-12-24(20)39-14-13-32/h3-12,15-17,27H,14H2,1-2H3,(H,34,36)/b25-17-/t27-/m0/s1. The first-order valence-electron chi connectivity index (χ1n) is 12.2. The fraction of sp³-hybridized carbons (Fsp3) is 0.133. The van der Waals surface area contributed by atoms with Gasteiger partial charge in [0, 0.05) is 16.3 Å². The van der Waals surface area contributed by atoms with E-state index in [2.05, 4.69) is 10.3 Å². The smallest absolute Gasteiger partial charge is 0.271 e. The molecule has 8 nitrogen and oxygen atoms in total. The van der Waals surface area contributed by atoms with Crippen LogP contribution in [0.5, 0.6) is 11.5 Å². The number of carbonyl (C=O) groups is 1. The van der Waals surface area contributed by atoms with Gasteiger partial charge in [-0.1, -0.05) is 53.3 Å². The van der Waals surface area contributed by atoms with Gasteiger partial charge in [0.1, 0.15) is 17.6 Å². The molecular formula is C30H23ClN4O4S. The molecular weight excluding hydrogens is 548 g/mol. The third-order valence-electron chi connectivity index (χ3n) is 6.26. The molecule has 200 valence electrons. The first kappa shape index (κ1) is 26.9. The first-order chi connectivity index (χ1) is 19.4. The van der Waals surface area contributed by atoms with Crippen LogP contribution in [-0.4, -0.2) is 24.2 Å². The van der Waals surface area contributed by atoms with Crippen LogP contribution >= 0.6 is 22.9 Å². The van der Waals surface area contributed by atoms with Gasteiger partial charge in [-0.3, -0.25) is 14.2 Å². The molecule has 40 heavy (non-hydrogen) atoms. The molecule has 0 saturated carbocycles. The number of nitriles is 1. The van der Waals surface area contributed by atoms with Crippen molar-refractivity contribution in [3.05, 3.63) is 120 Å². The van der Waals surface area contributed by atoms with Crippen LogP contribution in [0.15, 0.2) is 93.9 Å². The Morgan fingerprint density at radius 1 is 1.18 bits per heavy atom. The van der Waals surface area contributed by atoms with Gasteiger partial charge in [0.2, 0.25) is 0 Å². The molecule has 0 radical (unpaired) electrons. The number of para-hydroxylation sites is 1. The molecule has 0 fully saturated rings. The van der Waals surface area contributed by atoms with Crippen LogP contribution in [0, 0.1) is 11.3 Å². The quantitative estimate of drug-likeness (QED) is 0.354. The predicted molar refractivity (Wildman–Crippen MR) is 154 cm³/mol. The molecule has 2 heterocycles. The fourth-order valence-electron chi connectivity index (χ4n) is 4.47. The number of allylic oxidation sites excluding steroid dienone is 1. The second kappa shape index (κ2) is 11.6. The molecule has 5 rings (SSSR count). The van der Waals surface area contributed by atoms with Gasteiger partial charge in [0.25, 0.3) is 11.5 Å². The number of fused-ring (bicyclic) bond motifs is 1. The molecule has 1 aromatic heterocycles. The van der Waals surface area contributed by atoms with Crippen molar-refractivity contribution < 1.29 is 14.3 Å². The second-order valence-corrected chi connectivity index (χ2v) is 10.3. The molecule has 0 bridgehead atoms. The van der Waals surface area contributed by atoms with Crippen molar-refractivity contribution in [3.8, 4) is 17.6 Å². The SMILES string of the molecule is COc1cccc([C@H]2C(C(=O)Nc3ccccc3)=C(C)N=c3s/c(=C\c4cc(Cl)ccc4OCC#N)c(=O)n32)c1. The summed E-state index contributed by atoms with van der Waals surface area (Å²) < 4.78 is 12.9. The van der Waals surface area contributed by atoms with Crippen molar-refractivity contribution >= 4 is 40.6 Å². The Labute approximate surface area is 238 Å². The number of amides is 1. The lowest BCUT2D eigenvalue weighted by Gasteiger charge is -2.25. The highest BCUT2D eigenvalue weighted by Crippen LogP contribution is 2.32. The number of nitrogens with zero attached hydrogens (tertiary/aromatic N) is 3. The molecule has 10 heteroatoms. The van der Waals surface area contributed by atoms with Crippen molar-refractivity contribution in [2.45, 2.75) is 13.0 Å². The number of hydrogen-bond acceptors (Lipinski definition) is 7. The lowest BCUT2D eigenvalue weighted by Crippen LogP contribution is -2.40. The number of benzene rings is 3. The van der Waals surface area contributed by atoms with Crippen molar-refractivity contribution in [1.29, 1.82) is 5.26 Å². The average Bonchev–Trinajstić information content (AvgIpc) is 3.26. The van der Waals surface area contributed by atoms with E-state index in [9.17, 15) is 9.59 Å². The van der Waals surface area contributed by atoms with Gasteiger partial charge in [0.05, 0.1) is 29.0 Å². The molecule has 3 aromatic carbocycles. The maximum absolute atomic E-state index is 14.0. The third kappa shape index (κ3) is 5.41. The summed E-state index contributed by atoms with van der Waals surface area (Å²) in [5.74, 6) is 0.645. The van der Waals surface area contributed by atoms with Crippen LogP contribution in [0.4, 0.5) is 5.69 Å². The summed E-state index contributed by atoms with van der Waals surface area (Å²) in [5.41, 5.74) is 2.37. The highest BCUT2D eigenvalue weighted by Gasteiger charge is 2.32. The molecule has 1 N–H and O–H groups in total. The van der Waals surface area contributed by atoms with Crippen LogP contribution in [0.1, 0.15) is 24.1 Å². The van der Waals surface area contributed by atoms with Gasteiger partial charge in [-0.05, 0) is 61.0 Å². The summed E-state index contributed by atoms with van der Waals surface area (Å²) >= 11 is 7.42. The molecule has 0 aliphatic carbocycles. The lowest BCUT2D eigenvalue weighted by atomic mass is 9.95. The summed E-state index contributed by atoms with van der Waals surface area (Å²) in [6.07, 6.45) is 1.66. The number of ether oxygens (including phenoxy) is 2. The summed E-state index contributed by atoms with van der Waals surface area (Å²) in [6, 6.07) is 22.5. The van der Waals surface area contributed by atoms with Crippen molar-refractivity contribution in [2.75, 3.05) is 19.0 Å². The molecule has 1 aliphatic rings. The van der Waals surface area contributed by atoms with Gasteiger partial charge in [0.15, 0.2) is 11.4 Å². The third-order valence-corrected chi connectivity index (χ3v) is 7.48. The Morgan fingerprint density at radius 3 is 2.73 bits per heavy atom. The lowest BCUT2D eigenvalue weighted by molar-refractivity contribution is -0.113. The number of nitrogens with one attached hydrogen (secondary N) is 1. The summed E-state index contributed by atoms with van der Waals surface area (Å²) in [5, 5.41) is 12.3. The number of rotatable bonds is 7. The van der Waals surface area contributed by atoms with E-state index in [1.807, 2.05) is 36.4 Å². The minimum absolute atomic E-state index is 0.154. The molecule has 4 aromatic rings. The largest absolute Gasteiger partial charge is 0.497 e. The van der Waals surface area contributed by atoms with E-state index in [0.717, 1.165) is 0 Å². The molecule has 1 aliphatic heterocycles. The van der Waals surface area contributed by atoms with Crippen molar-refractivity contribution in [1.82, 2.24) is 4.57 Å². The zero-order valence-corrected chi connectivity index (χ0v) is 23.1. The van der Waals surface area contributed by atoms with Crippen LogP contribution in [0.3, 0.4) is 0 Å². The Hall–Kier alpha value is -4.65. The van der Waals surface area contributed by atoms with Gasteiger partial charge >= 0.3 is 0 Å². The molecule has 1 amide bonds. The number of methoxy groups -OCH3 is 1. The van der Waals surface area contributed by atoms with E-state index in [1.165, 1.54) is 15.9 Å². The molecule has 0 spiro atoms. The van der Waals surface area contributed by atoms with Crippen LogP contribution < -0.4 is 29.7 Å². The van der Waals surface area contributed by atoms with Gasteiger partial charge in [-0.15, -0.1) is 0 Å². The van der Waals surface area contributed by atoms with E-state index in [4.69, 9.17) is 26.3 Å². The second-order valence-electron chi connectivity index (χ2n) is 8.81. The number of carbonyl (C=O) groups excluding carboxylic acids is 1. The normalized spacial score (nSPS) is 14.7. The van der Waals surface area contributed by atoms with Gasteiger partial charge in [-0.25, -0.2) is 4.99 Å². The van der Waals surface area contributed by atoms with Crippen molar-refractivity contribution in [3.63, 3.8) is 0 Å². The fourth-order valence-corrected chi connectivity index (χ4v) is 5.69.